The molecular weight excluding hydrogens is 394 g/mol. The Bertz CT molecular complexity index is 1060. The van der Waals surface area contributed by atoms with Crippen molar-refractivity contribution in [3.8, 4) is 5.82 Å². The Morgan fingerprint density at radius 1 is 0.968 bits per heavy atom. The van der Waals surface area contributed by atoms with Crippen molar-refractivity contribution >= 4 is 23.3 Å². The van der Waals surface area contributed by atoms with Crippen LogP contribution in [0.5, 0.6) is 0 Å². The smallest absolute Gasteiger partial charge is 0.228 e. The van der Waals surface area contributed by atoms with Gasteiger partial charge in [-0.05, 0) is 18.2 Å². The fraction of sp³-hybridized carbons (Fsp3) is 0.318. The van der Waals surface area contributed by atoms with Crippen LogP contribution in [0.2, 0.25) is 0 Å². The van der Waals surface area contributed by atoms with Gasteiger partial charge in [0.15, 0.2) is 5.82 Å². The number of anilines is 2. The third-order valence-corrected chi connectivity index (χ3v) is 5.83. The molecule has 9 heteroatoms. The van der Waals surface area contributed by atoms with Crippen molar-refractivity contribution < 1.29 is 9.59 Å². The quantitative estimate of drug-likeness (QED) is 0.637. The number of hydrogen-bond donors (Lipinski definition) is 0. The minimum absolute atomic E-state index is 0.00956. The predicted octanol–water partition coefficient (Wildman–Crippen LogP) is 1.36. The first kappa shape index (κ1) is 19.2. The molecule has 0 N–H and O–H groups in total. The predicted molar refractivity (Wildman–Crippen MR) is 115 cm³/mol. The van der Waals surface area contributed by atoms with Crippen molar-refractivity contribution in [2.75, 3.05) is 42.5 Å². The van der Waals surface area contributed by atoms with Crippen LogP contribution in [0.3, 0.4) is 0 Å². The molecule has 0 spiro atoms. The lowest BCUT2D eigenvalue weighted by atomic mass is 10.1. The molecule has 0 radical (unpaired) electrons. The van der Waals surface area contributed by atoms with E-state index in [2.05, 4.69) is 20.0 Å². The van der Waals surface area contributed by atoms with Crippen LogP contribution in [0, 0.1) is 5.92 Å². The molecule has 9 nitrogen and oxygen atoms in total. The summed E-state index contributed by atoms with van der Waals surface area (Å²) in [6.07, 6.45) is 5.35. The topological polar surface area (TPSA) is 87.5 Å². The normalized spacial score (nSPS) is 19.2. The van der Waals surface area contributed by atoms with Crippen LogP contribution in [0.25, 0.3) is 5.82 Å². The van der Waals surface area contributed by atoms with Crippen LogP contribution in [-0.2, 0) is 9.59 Å². The Labute approximate surface area is 179 Å². The third-order valence-electron chi connectivity index (χ3n) is 5.83. The van der Waals surface area contributed by atoms with Gasteiger partial charge >= 0.3 is 0 Å². The van der Waals surface area contributed by atoms with E-state index in [1.807, 2.05) is 53.6 Å². The minimum atomic E-state index is -0.287. The summed E-state index contributed by atoms with van der Waals surface area (Å²) >= 11 is 0. The van der Waals surface area contributed by atoms with Crippen LogP contribution >= 0.6 is 0 Å². The highest BCUT2D eigenvalue weighted by Crippen LogP contribution is 2.26. The summed E-state index contributed by atoms with van der Waals surface area (Å²) < 4.78 is 1.69. The maximum Gasteiger partial charge on any atom is 0.228 e. The van der Waals surface area contributed by atoms with Gasteiger partial charge in [-0.3, -0.25) is 9.59 Å². The molecule has 2 fully saturated rings. The van der Waals surface area contributed by atoms with Crippen LogP contribution in [-0.4, -0.2) is 69.2 Å². The lowest BCUT2D eigenvalue weighted by molar-refractivity contribution is -0.136. The maximum atomic E-state index is 13.1. The molecule has 2 aliphatic heterocycles. The summed E-state index contributed by atoms with van der Waals surface area (Å²) in [5, 5.41) is 4.21. The van der Waals surface area contributed by atoms with Gasteiger partial charge in [0.05, 0.1) is 5.92 Å². The molecule has 2 amide bonds. The van der Waals surface area contributed by atoms with Crippen LogP contribution < -0.4 is 9.80 Å². The number of carbonyl (C=O) groups is 2. The monoisotopic (exact) mass is 417 g/mol. The highest BCUT2D eigenvalue weighted by atomic mass is 16.2. The number of piperazine rings is 1. The highest BCUT2D eigenvalue weighted by Gasteiger charge is 2.38. The summed E-state index contributed by atoms with van der Waals surface area (Å²) in [5.41, 5.74) is 0.851. The standard InChI is InChI=1S/C22H23N7O2/c30-21-13-17(15-28(21)18-5-2-1-3-6-18)22(31)27-11-9-26(10-12-27)19-14-20(24-16-23-19)29-8-4-7-25-29/h1-8,14,16-17H,9-13,15H2. The summed E-state index contributed by atoms with van der Waals surface area (Å²) in [6, 6.07) is 13.3. The molecule has 3 aromatic rings. The van der Waals surface area contributed by atoms with E-state index in [0.29, 0.717) is 38.5 Å². The lowest BCUT2D eigenvalue weighted by Gasteiger charge is -2.36. The second-order valence-electron chi connectivity index (χ2n) is 7.74. The molecule has 5 rings (SSSR count). The molecule has 1 atom stereocenters. The minimum Gasteiger partial charge on any atom is -0.353 e. The van der Waals surface area contributed by atoms with Gasteiger partial charge in [0.1, 0.15) is 12.1 Å². The van der Waals surface area contributed by atoms with Gasteiger partial charge in [0.25, 0.3) is 0 Å². The van der Waals surface area contributed by atoms with Gasteiger partial charge in [-0.1, -0.05) is 18.2 Å². The van der Waals surface area contributed by atoms with Crippen molar-refractivity contribution in [1.82, 2.24) is 24.6 Å². The number of aromatic nitrogens is 4. The van der Waals surface area contributed by atoms with E-state index in [4.69, 9.17) is 0 Å². The van der Waals surface area contributed by atoms with Crippen LogP contribution in [0.15, 0.2) is 61.2 Å². The van der Waals surface area contributed by atoms with Crippen LogP contribution in [0.4, 0.5) is 11.5 Å². The third kappa shape index (κ3) is 3.86. The van der Waals surface area contributed by atoms with E-state index in [1.165, 1.54) is 6.33 Å². The average Bonchev–Trinajstić information content (AvgIpc) is 3.50. The highest BCUT2D eigenvalue weighted by molar-refractivity contribution is 6.00. The summed E-state index contributed by atoms with van der Waals surface area (Å²) in [6.45, 7) is 3.03. The molecule has 2 aromatic heterocycles. The number of rotatable bonds is 4. The zero-order chi connectivity index (χ0) is 21.2. The summed E-state index contributed by atoms with van der Waals surface area (Å²) in [4.78, 5) is 39.9. The number of carbonyl (C=O) groups excluding carboxylic acids is 2. The molecule has 0 bridgehead atoms. The number of hydrogen-bond acceptors (Lipinski definition) is 6. The molecular formula is C22H23N7O2. The zero-order valence-electron chi connectivity index (χ0n) is 17.0. The fourth-order valence-corrected chi connectivity index (χ4v) is 4.18. The van der Waals surface area contributed by atoms with Gasteiger partial charge in [-0.25, -0.2) is 14.6 Å². The number of para-hydroxylation sites is 1. The molecule has 4 heterocycles. The van der Waals surface area contributed by atoms with Crippen molar-refractivity contribution in [2.24, 2.45) is 5.92 Å². The largest absolute Gasteiger partial charge is 0.353 e. The molecule has 31 heavy (non-hydrogen) atoms. The van der Waals surface area contributed by atoms with E-state index < -0.39 is 0 Å². The van der Waals surface area contributed by atoms with E-state index >= 15 is 0 Å². The van der Waals surface area contributed by atoms with Gasteiger partial charge in [0.2, 0.25) is 11.8 Å². The Morgan fingerprint density at radius 3 is 2.48 bits per heavy atom. The fourth-order valence-electron chi connectivity index (χ4n) is 4.18. The average molecular weight is 417 g/mol. The number of nitrogens with zero attached hydrogens (tertiary/aromatic N) is 7. The first-order valence-corrected chi connectivity index (χ1v) is 10.4. The van der Waals surface area contributed by atoms with E-state index in [9.17, 15) is 9.59 Å². The first-order valence-electron chi connectivity index (χ1n) is 10.4. The zero-order valence-corrected chi connectivity index (χ0v) is 17.0. The van der Waals surface area contributed by atoms with Gasteiger partial charge < -0.3 is 14.7 Å². The Balaban J connectivity index is 1.21. The molecule has 0 aliphatic carbocycles. The van der Waals surface area contributed by atoms with Crippen molar-refractivity contribution in [1.29, 1.82) is 0 Å². The molecule has 2 saturated heterocycles. The molecule has 1 aromatic carbocycles. The van der Waals surface area contributed by atoms with Gasteiger partial charge in [-0.2, -0.15) is 5.10 Å². The molecule has 0 saturated carbocycles. The summed E-state index contributed by atoms with van der Waals surface area (Å²) in [7, 11) is 0. The van der Waals surface area contributed by atoms with Crippen LogP contribution in [0.1, 0.15) is 6.42 Å². The Hall–Kier alpha value is -3.75. The number of amides is 2. The van der Waals surface area contributed by atoms with Crippen molar-refractivity contribution in [3.63, 3.8) is 0 Å². The molecule has 1 unspecified atom stereocenters. The van der Waals surface area contributed by atoms with Gasteiger partial charge in [-0.15, -0.1) is 0 Å². The van der Waals surface area contributed by atoms with Crippen molar-refractivity contribution in [2.45, 2.75) is 6.42 Å². The maximum absolute atomic E-state index is 13.1. The SMILES string of the molecule is O=C(C1CC(=O)N(c2ccccc2)C1)N1CCN(c2cc(-n3cccn3)ncn2)CC1. The first-order chi connectivity index (χ1) is 15.2. The van der Waals surface area contributed by atoms with E-state index in [-0.39, 0.29) is 24.2 Å². The second kappa shape index (κ2) is 8.17. The van der Waals surface area contributed by atoms with E-state index in [1.54, 1.807) is 15.8 Å². The second-order valence-corrected chi connectivity index (χ2v) is 7.74. The summed E-state index contributed by atoms with van der Waals surface area (Å²) in [5.74, 6) is 1.31. The van der Waals surface area contributed by atoms with Crippen molar-refractivity contribution in [3.05, 3.63) is 61.2 Å². The number of benzene rings is 1. The lowest BCUT2D eigenvalue weighted by Crippen LogP contribution is -2.51. The molecule has 158 valence electrons. The Kier molecular flexibility index (Phi) is 5.07. The Morgan fingerprint density at radius 2 is 1.74 bits per heavy atom. The van der Waals surface area contributed by atoms with Gasteiger partial charge in [0, 0.05) is 63.3 Å². The van der Waals surface area contributed by atoms with E-state index in [0.717, 1.165) is 11.5 Å². The molecule has 2 aliphatic rings.